The summed E-state index contributed by atoms with van der Waals surface area (Å²) in [7, 11) is 3.21. The zero-order valence-electron chi connectivity index (χ0n) is 18.2. The second-order valence-corrected chi connectivity index (χ2v) is 8.49. The molecule has 0 radical (unpaired) electrons. The van der Waals surface area contributed by atoms with E-state index in [2.05, 4.69) is 4.98 Å². The molecule has 5 aromatic rings. The fourth-order valence-corrected chi connectivity index (χ4v) is 4.73. The molecule has 0 unspecified atom stereocenters. The number of hydrogen-bond acceptors (Lipinski definition) is 6. The van der Waals surface area contributed by atoms with Crippen LogP contribution in [-0.2, 0) is 6.54 Å². The molecular formula is C26H21N3O3S. The summed E-state index contributed by atoms with van der Waals surface area (Å²) in [6.45, 7) is 0.333. The van der Waals surface area contributed by atoms with Crippen LogP contribution in [0.3, 0.4) is 0 Å². The van der Waals surface area contributed by atoms with Crippen molar-refractivity contribution in [3.8, 4) is 11.5 Å². The van der Waals surface area contributed by atoms with E-state index >= 15 is 0 Å². The van der Waals surface area contributed by atoms with Crippen molar-refractivity contribution < 1.29 is 14.3 Å². The van der Waals surface area contributed by atoms with Crippen molar-refractivity contribution in [3.63, 3.8) is 0 Å². The predicted molar refractivity (Wildman–Crippen MR) is 131 cm³/mol. The van der Waals surface area contributed by atoms with Crippen molar-refractivity contribution in [2.45, 2.75) is 6.54 Å². The number of rotatable bonds is 6. The number of benzene rings is 3. The number of nitrogens with zero attached hydrogens (tertiary/aromatic N) is 3. The van der Waals surface area contributed by atoms with Gasteiger partial charge >= 0.3 is 0 Å². The second-order valence-electron chi connectivity index (χ2n) is 7.48. The molecule has 0 aliphatic rings. The molecule has 164 valence electrons. The summed E-state index contributed by atoms with van der Waals surface area (Å²) in [5.41, 5.74) is 2.20. The lowest BCUT2D eigenvalue weighted by Crippen LogP contribution is -2.30. The van der Waals surface area contributed by atoms with Crippen molar-refractivity contribution in [3.05, 3.63) is 90.3 Å². The molecule has 2 heterocycles. The van der Waals surface area contributed by atoms with Crippen LogP contribution in [0.15, 0.2) is 79.1 Å². The van der Waals surface area contributed by atoms with E-state index < -0.39 is 0 Å². The Balaban J connectivity index is 1.63. The zero-order chi connectivity index (χ0) is 22.8. The monoisotopic (exact) mass is 455 g/mol. The van der Waals surface area contributed by atoms with Crippen molar-refractivity contribution in [1.82, 2.24) is 9.97 Å². The molecule has 0 bridgehead atoms. The summed E-state index contributed by atoms with van der Waals surface area (Å²) in [5.74, 6) is 1.09. The maximum absolute atomic E-state index is 13.9. The number of ether oxygens (including phenoxy) is 2. The lowest BCUT2D eigenvalue weighted by molar-refractivity contribution is 0.0982. The number of fused-ring (bicyclic) bond motifs is 2. The zero-order valence-corrected chi connectivity index (χ0v) is 19.0. The highest BCUT2D eigenvalue weighted by atomic mass is 32.1. The fourth-order valence-electron chi connectivity index (χ4n) is 3.74. The standard InChI is InChI=1S/C26H21N3O3S/c1-31-20-9-10-22-24(14-20)33-26(28-22)29(16-17-6-5-11-27-15-17)25(30)21-12-18-7-3-4-8-19(18)13-23(21)32-2/h3-15H,16H2,1-2H3. The molecule has 0 aliphatic heterocycles. The molecule has 0 saturated heterocycles. The van der Waals surface area contributed by atoms with Gasteiger partial charge in [0, 0.05) is 12.4 Å². The summed E-state index contributed by atoms with van der Waals surface area (Å²) in [6, 6.07) is 21.2. The number of hydrogen-bond donors (Lipinski definition) is 0. The van der Waals surface area contributed by atoms with Gasteiger partial charge in [0.2, 0.25) is 0 Å². The minimum absolute atomic E-state index is 0.188. The first-order valence-corrected chi connectivity index (χ1v) is 11.2. The lowest BCUT2D eigenvalue weighted by atomic mass is 10.0. The normalized spacial score (nSPS) is 11.0. The summed E-state index contributed by atoms with van der Waals surface area (Å²) >= 11 is 1.45. The Morgan fingerprint density at radius 3 is 2.52 bits per heavy atom. The van der Waals surface area contributed by atoms with E-state index in [0.29, 0.717) is 23.0 Å². The van der Waals surface area contributed by atoms with Crippen LogP contribution >= 0.6 is 11.3 Å². The van der Waals surface area contributed by atoms with Gasteiger partial charge in [0.1, 0.15) is 11.5 Å². The smallest absolute Gasteiger partial charge is 0.264 e. The Hall–Kier alpha value is -3.97. The largest absolute Gasteiger partial charge is 0.497 e. The average Bonchev–Trinajstić information content (AvgIpc) is 3.29. The maximum atomic E-state index is 13.9. The van der Waals surface area contributed by atoms with Crippen molar-refractivity contribution >= 4 is 43.4 Å². The number of thiazole rings is 1. The van der Waals surface area contributed by atoms with Gasteiger partial charge in [-0.3, -0.25) is 14.7 Å². The highest BCUT2D eigenvalue weighted by Gasteiger charge is 2.25. The average molecular weight is 456 g/mol. The highest BCUT2D eigenvalue weighted by molar-refractivity contribution is 7.22. The van der Waals surface area contributed by atoms with E-state index in [-0.39, 0.29) is 5.91 Å². The van der Waals surface area contributed by atoms with E-state index in [9.17, 15) is 4.79 Å². The van der Waals surface area contributed by atoms with E-state index in [1.807, 2.05) is 66.7 Å². The van der Waals surface area contributed by atoms with Crippen molar-refractivity contribution in [2.75, 3.05) is 19.1 Å². The number of amides is 1. The highest BCUT2D eigenvalue weighted by Crippen LogP contribution is 2.35. The van der Waals surface area contributed by atoms with E-state index in [1.165, 1.54) is 11.3 Å². The molecule has 7 heteroatoms. The van der Waals surface area contributed by atoms with E-state index in [4.69, 9.17) is 14.5 Å². The number of anilines is 1. The molecule has 6 nitrogen and oxygen atoms in total. The first kappa shape index (κ1) is 20.9. The minimum Gasteiger partial charge on any atom is -0.497 e. The summed E-state index contributed by atoms with van der Waals surface area (Å²) < 4.78 is 11.9. The quantitative estimate of drug-likeness (QED) is 0.328. The molecule has 1 amide bonds. The van der Waals surface area contributed by atoms with Gasteiger partial charge in [0.25, 0.3) is 5.91 Å². The van der Waals surface area contributed by atoms with Gasteiger partial charge in [0.05, 0.1) is 36.5 Å². The minimum atomic E-state index is -0.188. The van der Waals surface area contributed by atoms with Crippen LogP contribution in [0, 0.1) is 0 Å². The number of carbonyl (C=O) groups excluding carboxylic acids is 1. The fraction of sp³-hybridized carbons (Fsp3) is 0.115. The van der Waals surface area contributed by atoms with Gasteiger partial charge in [-0.05, 0) is 52.7 Å². The number of aromatic nitrogens is 2. The van der Waals surface area contributed by atoms with Crippen LogP contribution in [0.4, 0.5) is 5.13 Å². The van der Waals surface area contributed by atoms with E-state index in [1.54, 1.807) is 31.5 Å². The third kappa shape index (κ3) is 4.10. The second kappa shape index (κ2) is 8.88. The summed E-state index contributed by atoms with van der Waals surface area (Å²) in [5, 5.41) is 2.58. The molecule has 3 aromatic carbocycles. The van der Waals surface area contributed by atoms with Gasteiger partial charge in [0.15, 0.2) is 5.13 Å². The predicted octanol–water partition coefficient (Wildman–Crippen LogP) is 5.71. The molecule has 0 aliphatic carbocycles. The van der Waals surface area contributed by atoms with Crippen LogP contribution in [0.5, 0.6) is 11.5 Å². The number of pyridine rings is 1. The third-order valence-corrected chi connectivity index (χ3v) is 6.46. The molecule has 0 fully saturated rings. The summed E-state index contributed by atoms with van der Waals surface area (Å²) in [6.07, 6.45) is 3.47. The van der Waals surface area contributed by atoms with Gasteiger partial charge in [-0.1, -0.05) is 41.7 Å². The van der Waals surface area contributed by atoms with Crippen LogP contribution in [-0.4, -0.2) is 30.1 Å². The molecule has 33 heavy (non-hydrogen) atoms. The van der Waals surface area contributed by atoms with Gasteiger partial charge in [-0.15, -0.1) is 0 Å². The molecule has 0 atom stereocenters. The lowest BCUT2D eigenvalue weighted by Gasteiger charge is -2.21. The Labute approximate surface area is 195 Å². The number of carbonyl (C=O) groups is 1. The molecule has 0 N–H and O–H groups in total. The van der Waals surface area contributed by atoms with Crippen LogP contribution < -0.4 is 14.4 Å². The van der Waals surface area contributed by atoms with Crippen LogP contribution in [0.25, 0.3) is 21.0 Å². The number of methoxy groups -OCH3 is 2. The topological polar surface area (TPSA) is 64.5 Å². The maximum Gasteiger partial charge on any atom is 0.264 e. The first-order valence-electron chi connectivity index (χ1n) is 10.4. The van der Waals surface area contributed by atoms with Crippen molar-refractivity contribution in [1.29, 1.82) is 0 Å². The van der Waals surface area contributed by atoms with Crippen molar-refractivity contribution in [2.24, 2.45) is 0 Å². The Bertz CT molecular complexity index is 1450. The molecule has 0 saturated carbocycles. The first-order chi connectivity index (χ1) is 16.2. The SMILES string of the molecule is COc1ccc2nc(N(Cc3cccnc3)C(=O)c3cc4ccccc4cc3OC)sc2c1. The molecule has 2 aromatic heterocycles. The van der Waals surface area contributed by atoms with Gasteiger partial charge < -0.3 is 9.47 Å². The molecule has 0 spiro atoms. The molecular weight excluding hydrogens is 434 g/mol. The Morgan fingerprint density at radius 1 is 0.970 bits per heavy atom. The van der Waals surface area contributed by atoms with Crippen LogP contribution in [0.2, 0.25) is 0 Å². The summed E-state index contributed by atoms with van der Waals surface area (Å²) in [4.78, 5) is 24.6. The van der Waals surface area contributed by atoms with Gasteiger partial charge in [-0.25, -0.2) is 4.98 Å². The Morgan fingerprint density at radius 2 is 1.79 bits per heavy atom. The van der Waals surface area contributed by atoms with E-state index in [0.717, 1.165) is 32.3 Å². The Kier molecular flexibility index (Phi) is 5.62. The van der Waals surface area contributed by atoms with Gasteiger partial charge in [-0.2, -0.15) is 0 Å². The molecule has 5 rings (SSSR count). The third-order valence-electron chi connectivity index (χ3n) is 5.42. The van der Waals surface area contributed by atoms with Crippen LogP contribution in [0.1, 0.15) is 15.9 Å².